The van der Waals surface area contributed by atoms with Crippen molar-refractivity contribution in [3.8, 4) is 0 Å². The topological polar surface area (TPSA) is 78.4 Å². The number of hydrogen-bond acceptors (Lipinski definition) is 7. The zero-order chi connectivity index (χ0) is 16.2. The fraction of sp³-hybridized carbons (Fsp3) is 0.467. The van der Waals surface area contributed by atoms with Crippen molar-refractivity contribution in [3.63, 3.8) is 0 Å². The fourth-order valence-corrected chi connectivity index (χ4v) is 3.30. The van der Waals surface area contributed by atoms with E-state index in [9.17, 15) is 9.59 Å². The summed E-state index contributed by atoms with van der Waals surface area (Å²) >= 11 is 0.897. The molecule has 0 aliphatic carbocycles. The largest absolute Gasteiger partial charge is 0.338 e. The minimum absolute atomic E-state index is 0.345. The minimum Gasteiger partial charge on any atom is -0.338 e. The summed E-state index contributed by atoms with van der Waals surface area (Å²) in [5, 5.41) is 1.89. The number of carbonyl (C=O) groups excluding carboxylic acids is 2. The van der Waals surface area contributed by atoms with Crippen LogP contribution in [0.3, 0.4) is 0 Å². The molecule has 1 aromatic heterocycles. The van der Waals surface area contributed by atoms with E-state index in [1.165, 1.54) is 0 Å². The Balaban J connectivity index is 1.70. The maximum absolute atomic E-state index is 11.6. The molecule has 7 nitrogen and oxygen atoms in total. The Morgan fingerprint density at radius 3 is 2.74 bits per heavy atom. The van der Waals surface area contributed by atoms with Crippen LogP contribution in [0.1, 0.15) is 19.0 Å². The SMILES string of the molecule is CCCN1CCN(c2nccc(/C=C3\SC(=O)NC3=O)n2)CC1. The molecule has 3 heterocycles. The summed E-state index contributed by atoms with van der Waals surface area (Å²) in [6, 6.07) is 1.74. The molecule has 0 radical (unpaired) electrons. The van der Waals surface area contributed by atoms with Crippen LogP contribution in [-0.2, 0) is 4.79 Å². The van der Waals surface area contributed by atoms with Crippen LogP contribution in [0.2, 0.25) is 0 Å². The van der Waals surface area contributed by atoms with Gasteiger partial charge in [-0.2, -0.15) is 0 Å². The lowest BCUT2D eigenvalue weighted by Gasteiger charge is -2.34. The summed E-state index contributed by atoms with van der Waals surface area (Å²) in [5.74, 6) is 0.304. The molecule has 0 aromatic carbocycles. The molecule has 23 heavy (non-hydrogen) atoms. The average Bonchev–Trinajstić information content (AvgIpc) is 2.86. The molecule has 122 valence electrons. The molecule has 2 aliphatic heterocycles. The summed E-state index contributed by atoms with van der Waals surface area (Å²) < 4.78 is 0. The van der Waals surface area contributed by atoms with Crippen LogP contribution in [-0.4, -0.2) is 58.7 Å². The molecule has 0 bridgehead atoms. The summed E-state index contributed by atoms with van der Waals surface area (Å²) in [6.45, 7) is 7.13. The molecular formula is C15H19N5O2S. The third kappa shape index (κ3) is 3.89. The van der Waals surface area contributed by atoms with E-state index in [0.717, 1.165) is 50.9 Å². The molecule has 0 atom stereocenters. The van der Waals surface area contributed by atoms with Gasteiger partial charge in [0.05, 0.1) is 10.6 Å². The lowest BCUT2D eigenvalue weighted by Crippen LogP contribution is -2.47. The predicted molar refractivity (Wildman–Crippen MR) is 90.1 cm³/mol. The van der Waals surface area contributed by atoms with Crippen molar-refractivity contribution in [1.29, 1.82) is 0 Å². The van der Waals surface area contributed by atoms with Crippen molar-refractivity contribution in [2.24, 2.45) is 0 Å². The van der Waals surface area contributed by atoms with Gasteiger partial charge in [-0.3, -0.25) is 19.8 Å². The molecule has 1 aromatic rings. The third-order valence-electron chi connectivity index (χ3n) is 3.78. The van der Waals surface area contributed by atoms with Crippen molar-refractivity contribution < 1.29 is 9.59 Å². The second kappa shape index (κ2) is 7.10. The number of carbonyl (C=O) groups is 2. The summed E-state index contributed by atoms with van der Waals surface area (Å²) in [5.41, 5.74) is 0.637. The number of rotatable bonds is 4. The highest BCUT2D eigenvalue weighted by atomic mass is 32.2. The molecular weight excluding hydrogens is 314 g/mol. The predicted octanol–water partition coefficient (Wildman–Crippen LogP) is 1.33. The number of nitrogens with zero attached hydrogens (tertiary/aromatic N) is 4. The number of imide groups is 1. The number of hydrogen-bond donors (Lipinski definition) is 1. The quantitative estimate of drug-likeness (QED) is 0.833. The van der Waals surface area contributed by atoms with Gasteiger partial charge < -0.3 is 4.90 Å². The lowest BCUT2D eigenvalue weighted by molar-refractivity contribution is -0.115. The van der Waals surface area contributed by atoms with Gasteiger partial charge in [0.1, 0.15) is 0 Å². The van der Waals surface area contributed by atoms with E-state index in [1.54, 1.807) is 18.3 Å². The van der Waals surface area contributed by atoms with E-state index in [1.807, 2.05) is 0 Å². The number of nitrogens with one attached hydrogen (secondary N) is 1. The van der Waals surface area contributed by atoms with Gasteiger partial charge in [0.15, 0.2) is 0 Å². The third-order valence-corrected chi connectivity index (χ3v) is 4.59. The Morgan fingerprint density at radius 2 is 2.09 bits per heavy atom. The van der Waals surface area contributed by atoms with Gasteiger partial charge in [0, 0.05) is 32.4 Å². The lowest BCUT2D eigenvalue weighted by atomic mass is 10.3. The van der Waals surface area contributed by atoms with E-state index in [0.29, 0.717) is 16.5 Å². The van der Waals surface area contributed by atoms with Crippen LogP contribution < -0.4 is 10.2 Å². The second-order valence-electron chi connectivity index (χ2n) is 5.46. The van der Waals surface area contributed by atoms with E-state index in [4.69, 9.17) is 0 Å². The van der Waals surface area contributed by atoms with Gasteiger partial charge in [0.2, 0.25) is 5.95 Å². The molecule has 8 heteroatoms. The van der Waals surface area contributed by atoms with Crippen LogP contribution in [0, 0.1) is 0 Å². The van der Waals surface area contributed by atoms with E-state index < -0.39 is 0 Å². The Kier molecular flexibility index (Phi) is 4.92. The van der Waals surface area contributed by atoms with E-state index in [-0.39, 0.29) is 11.1 Å². The highest BCUT2D eigenvalue weighted by Gasteiger charge is 2.25. The van der Waals surface area contributed by atoms with Crippen LogP contribution in [0.15, 0.2) is 17.2 Å². The van der Waals surface area contributed by atoms with Gasteiger partial charge in [-0.1, -0.05) is 6.92 Å². The van der Waals surface area contributed by atoms with Crippen molar-refractivity contribution >= 4 is 34.9 Å². The number of piperazine rings is 1. The highest BCUT2D eigenvalue weighted by molar-refractivity contribution is 8.18. The maximum Gasteiger partial charge on any atom is 0.290 e. The summed E-state index contributed by atoms with van der Waals surface area (Å²) in [6.07, 6.45) is 4.48. The highest BCUT2D eigenvalue weighted by Crippen LogP contribution is 2.25. The average molecular weight is 333 g/mol. The maximum atomic E-state index is 11.6. The fourth-order valence-electron chi connectivity index (χ4n) is 2.64. The first-order valence-corrected chi connectivity index (χ1v) is 8.52. The van der Waals surface area contributed by atoms with Crippen molar-refractivity contribution in [2.45, 2.75) is 13.3 Å². The van der Waals surface area contributed by atoms with Crippen molar-refractivity contribution in [3.05, 3.63) is 22.9 Å². The molecule has 3 rings (SSSR count). The van der Waals surface area contributed by atoms with Crippen LogP contribution in [0.5, 0.6) is 0 Å². The number of thioether (sulfide) groups is 1. The first kappa shape index (κ1) is 15.9. The molecule has 2 fully saturated rings. The van der Waals surface area contributed by atoms with Crippen LogP contribution in [0.25, 0.3) is 6.08 Å². The molecule has 2 amide bonds. The smallest absolute Gasteiger partial charge is 0.290 e. The number of anilines is 1. The molecule has 0 saturated carbocycles. The Morgan fingerprint density at radius 1 is 1.30 bits per heavy atom. The van der Waals surface area contributed by atoms with Gasteiger partial charge in [-0.05, 0) is 36.9 Å². The van der Waals surface area contributed by atoms with Crippen molar-refractivity contribution in [1.82, 2.24) is 20.2 Å². The van der Waals surface area contributed by atoms with Gasteiger partial charge in [-0.25, -0.2) is 9.97 Å². The first-order chi connectivity index (χ1) is 11.2. The Bertz CT molecular complexity index is 641. The van der Waals surface area contributed by atoms with Gasteiger partial charge in [0.25, 0.3) is 11.1 Å². The Labute approximate surface area is 139 Å². The van der Waals surface area contributed by atoms with E-state index >= 15 is 0 Å². The molecule has 2 saturated heterocycles. The standard InChI is InChI=1S/C15H19N5O2S/c1-2-5-19-6-8-20(9-7-19)14-16-4-3-11(17-14)10-12-13(21)18-15(22)23-12/h3-4,10H,2,5-9H2,1H3,(H,18,21,22)/b12-10-. The first-order valence-electron chi connectivity index (χ1n) is 7.71. The molecule has 0 unspecified atom stereocenters. The Hall–Kier alpha value is -1.93. The molecule has 1 N–H and O–H groups in total. The number of aromatic nitrogens is 2. The minimum atomic E-state index is -0.367. The molecule has 2 aliphatic rings. The van der Waals surface area contributed by atoms with Crippen LogP contribution >= 0.6 is 11.8 Å². The summed E-state index contributed by atoms with van der Waals surface area (Å²) in [4.78, 5) is 36.6. The van der Waals surface area contributed by atoms with Gasteiger partial charge in [-0.15, -0.1) is 0 Å². The number of amides is 2. The van der Waals surface area contributed by atoms with Crippen LogP contribution in [0.4, 0.5) is 10.7 Å². The van der Waals surface area contributed by atoms with Gasteiger partial charge >= 0.3 is 0 Å². The van der Waals surface area contributed by atoms with E-state index in [2.05, 4.69) is 32.0 Å². The molecule has 0 spiro atoms. The zero-order valence-electron chi connectivity index (χ0n) is 13.0. The normalized spacial score (nSPS) is 21.1. The zero-order valence-corrected chi connectivity index (χ0v) is 13.8. The van der Waals surface area contributed by atoms with Crippen molar-refractivity contribution in [2.75, 3.05) is 37.6 Å². The second-order valence-corrected chi connectivity index (χ2v) is 6.48. The summed E-state index contributed by atoms with van der Waals surface area (Å²) in [7, 11) is 0. The monoisotopic (exact) mass is 333 g/mol.